The Hall–Kier alpha value is -1.36. The van der Waals surface area contributed by atoms with E-state index >= 15 is 0 Å². The first-order valence-corrected chi connectivity index (χ1v) is 7.99. The molecule has 1 heterocycles. The van der Waals surface area contributed by atoms with Crippen molar-refractivity contribution in [3.8, 4) is 0 Å². The highest BCUT2D eigenvalue weighted by molar-refractivity contribution is 5.96. The van der Waals surface area contributed by atoms with Crippen molar-refractivity contribution in [3.63, 3.8) is 0 Å². The number of aryl methyl sites for hydroxylation is 1. The molecule has 0 bridgehead atoms. The zero-order valence-corrected chi connectivity index (χ0v) is 12.8. The van der Waals surface area contributed by atoms with Gasteiger partial charge in [0.2, 0.25) is 5.92 Å². The smallest absolute Gasteiger partial charge is 0.248 e. The molecular formula is C17H22F2N2O. The van der Waals surface area contributed by atoms with Crippen molar-refractivity contribution in [2.75, 3.05) is 0 Å². The number of carbonyl (C=O) groups excluding carboxylic acids is 1. The molecule has 2 fully saturated rings. The zero-order chi connectivity index (χ0) is 15.9. The predicted octanol–water partition coefficient (Wildman–Crippen LogP) is 3.60. The van der Waals surface area contributed by atoms with Crippen LogP contribution >= 0.6 is 0 Å². The van der Waals surface area contributed by atoms with E-state index in [2.05, 4.69) is 4.98 Å². The fraction of sp³-hybridized carbons (Fsp3) is 0.647. The molecule has 2 aliphatic carbocycles. The summed E-state index contributed by atoms with van der Waals surface area (Å²) >= 11 is 0. The summed E-state index contributed by atoms with van der Waals surface area (Å²) < 4.78 is 26.3. The molecule has 0 amide bonds. The Morgan fingerprint density at radius 3 is 2.64 bits per heavy atom. The quantitative estimate of drug-likeness (QED) is 0.865. The van der Waals surface area contributed by atoms with Gasteiger partial charge in [0.05, 0.1) is 0 Å². The van der Waals surface area contributed by atoms with Crippen LogP contribution in [-0.4, -0.2) is 22.7 Å². The number of nitrogens with zero attached hydrogens (tertiary/aromatic N) is 1. The molecule has 2 atom stereocenters. The number of alkyl halides is 2. The Kier molecular flexibility index (Phi) is 4.02. The van der Waals surface area contributed by atoms with E-state index in [-0.39, 0.29) is 30.6 Å². The van der Waals surface area contributed by atoms with E-state index in [1.807, 2.05) is 13.0 Å². The second-order valence-corrected chi connectivity index (χ2v) is 6.83. The van der Waals surface area contributed by atoms with E-state index in [1.54, 1.807) is 6.20 Å². The Morgan fingerprint density at radius 2 is 2.05 bits per heavy atom. The van der Waals surface area contributed by atoms with Crippen molar-refractivity contribution >= 4 is 5.78 Å². The van der Waals surface area contributed by atoms with Gasteiger partial charge in [-0.3, -0.25) is 9.78 Å². The number of nitrogens with two attached hydrogens (primary N) is 1. The van der Waals surface area contributed by atoms with Crippen molar-refractivity contribution in [3.05, 3.63) is 29.1 Å². The molecule has 0 saturated heterocycles. The fourth-order valence-corrected chi connectivity index (χ4v) is 3.33. The van der Waals surface area contributed by atoms with Gasteiger partial charge in [0, 0.05) is 48.7 Å². The number of hydrogen-bond donors (Lipinski definition) is 1. The average Bonchev–Trinajstić information content (AvgIpc) is 3.18. The average molecular weight is 308 g/mol. The van der Waals surface area contributed by atoms with E-state index < -0.39 is 5.92 Å². The topological polar surface area (TPSA) is 56.0 Å². The molecular weight excluding hydrogens is 286 g/mol. The van der Waals surface area contributed by atoms with Gasteiger partial charge >= 0.3 is 0 Å². The molecule has 1 aromatic heterocycles. The molecule has 5 heteroatoms. The molecule has 0 radical (unpaired) electrons. The molecule has 2 unspecified atom stereocenters. The van der Waals surface area contributed by atoms with Gasteiger partial charge in [-0.2, -0.15) is 0 Å². The summed E-state index contributed by atoms with van der Waals surface area (Å²) in [6, 6.07) is 2.08. The molecule has 2 N–H and O–H groups in total. The highest BCUT2D eigenvalue weighted by atomic mass is 19.3. The summed E-state index contributed by atoms with van der Waals surface area (Å²) in [6.45, 7) is 1.93. The maximum absolute atomic E-state index is 13.2. The van der Waals surface area contributed by atoms with Crippen LogP contribution in [0.25, 0.3) is 0 Å². The number of rotatable bonds is 4. The van der Waals surface area contributed by atoms with Crippen LogP contribution in [0.3, 0.4) is 0 Å². The second-order valence-electron chi connectivity index (χ2n) is 6.83. The largest absolute Gasteiger partial charge is 0.327 e. The Bertz CT molecular complexity index is 578. The van der Waals surface area contributed by atoms with Gasteiger partial charge in [0.1, 0.15) is 0 Å². The van der Waals surface area contributed by atoms with Crippen LogP contribution in [0.4, 0.5) is 8.78 Å². The maximum atomic E-state index is 13.2. The zero-order valence-electron chi connectivity index (χ0n) is 12.8. The lowest BCUT2D eigenvalue weighted by Gasteiger charge is -2.27. The summed E-state index contributed by atoms with van der Waals surface area (Å²) in [5.74, 6) is -2.15. The minimum absolute atomic E-state index is 0.0122. The summed E-state index contributed by atoms with van der Waals surface area (Å²) in [5.41, 5.74) is 8.47. The molecule has 3 rings (SSSR count). The Morgan fingerprint density at radius 1 is 1.41 bits per heavy atom. The molecule has 2 aliphatic rings. The first-order chi connectivity index (χ1) is 10.4. The number of pyridine rings is 1. The van der Waals surface area contributed by atoms with Crippen molar-refractivity contribution in [2.45, 2.75) is 63.3 Å². The minimum Gasteiger partial charge on any atom is -0.327 e. The molecule has 3 nitrogen and oxygen atoms in total. The molecule has 1 aromatic rings. The van der Waals surface area contributed by atoms with Gasteiger partial charge in [-0.15, -0.1) is 0 Å². The molecule has 2 saturated carbocycles. The first kappa shape index (κ1) is 15.5. The van der Waals surface area contributed by atoms with Crippen LogP contribution in [0, 0.1) is 12.8 Å². The van der Waals surface area contributed by atoms with E-state index in [0.717, 1.165) is 17.7 Å². The summed E-state index contributed by atoms with van der Waals surface area (Å²) in [6.07, 6.45) is 3.55. The monoisotopic (exact) mass is 308 g/mol. The number of ketones is 1. The van der Waals surface area contributed by atoms with Crippen molar-refractivity contribution < 1.29 is 13.6 Å². The summed E-state index contributed by atoms with van der Waals surface area (Å²) in [4.78, 5) is 16.7. The third kappa shape index (κ3) is 3.35. The lowest BCUT2D eigenvalue weighted by atomic mass is 9.83. The third-order valence-electron chi connectivity index (χ3n) is 5.00. The lowest BCUT2D eigenvalue weighted by molar-refractivity contribution is -0.0458. The van der Waals surface area contributed by atoms with Crippen molar-refractivity contribution in [1.29, 1.82) is 0 Å². The van der Waals surface area contributed by atoms with Gasteiger partial charge in [-0.05, 0) is 43.7 Å². The maximum Gasteiger partial charge on any atom is 0.248 e. The van der Waals surface area contributed by atoms with Crippen LogP contribution in [0.15, 0.2) is 12.3 Å². The number of aromatic nitrogens is 1. The van der Waals surface area contributed by atoms with Gasteiger partial charge in [0.15, 0.2) is 5.78 Å². The van der Waals surface area contributed by atoms with Crippen LogP contribution in [-0.2, 0) is 0 Å². The SMILES string of the molecule is Cc1ncc(C(=O)CC2CCC(F)(F)CC2)cc1C1CC1N. The highest BCUT2D eigenvalue weighted by Gasteiger charge is 2.37. The molecule has 0 aromatic carbocycles. The first-order valence-electron chi connectivity index (χ1n) is 7.99. The molecule has 22 heavy (non-hydrogen) atoms. The van der Waals surface area contributed by atoms with Gasteiger partial charge < -0.3 is 5.73 Å². The summed E-state index contributed by atoms with van der Waals surface area (Å²) in [7, 11) is 0. The van der Waals surface area contributed by atoms with Crippen LogP contribution < -0.4 is 5.73 Å². The fourth-order valence-electron chi connectivity index (χ4n) is 3.33. The number of halogens is 2. The number of hydrogen-bond acceptors (Lipinski definition) is 3. The lowest BCUT2D eigenvalue weighted by Crippen LogP contribution is -2.25. The van der Waals surface area contributed by atoms with E-state index in [0.29, 0.717) is 30.7 Å². The minimum atomic E-state index is -2.54. The van der Waals surface area contributed by atoms with E-state index in [1.165, 1.54) is 0 Å². The van der Waals surface area contributed by atoms with Crippen molar-refractivity contribution in [2.24, 2.45) is 11.7 Å². The number of carbonyl (C=O) groups is 1. The standard InChI is InChI=1S/C17H22F2N2O/c1-10-13(14-8-15(14)20)7-12(9-21-10)16(22)6-11-2-4-17(18,19)5-3-11/h7,9,11,14-15H,2-6,8,20H2,1H3. The van der Waals surface area contributed by atoms with Crippen LogP contribution in [0.5, 0.6) is 0 Å². The second kappa shape index (κ2) is 5.69. The van der Waals surface area contributed by atoms with E-state index in [4.69, 9.17) is 5.73 Å². The predicted molar refractivity (Wildman–Crippen MR) is 80.2 cm³/mol. The van der Waals surface area contributed by atoms with Gasteiger partial charge in [-0.25, -0.2) is 8.78 Å². The van der Waals surface area contributed by atoms with Gasteiger partial charge in [0.25, 0.3) is 0 Å². The Labute approximate surface area is 129 Å². The molecule has 0 aliphatic heterocycles. The Balaban J connectivity index is 1.65. The summed E-state index contributed by atoms with van der Waals surface area (Å²) in [5, 5.41) is 0. The van der Waals surface area contributed by atoms with Crippen LogP contribution in [0.1, 0.15) is 66.1 Å². The van der Waals surface area contributed by atoms with Crippen LogP contribution in [0.2, 0.25) is 0 Å². The third-order valence-corrected chi connectivity index (χ3v) is 5.00. The van der Waals surface area contributed by atoms with Crippen molar-refractivity contribution in [1.82, 2.24) is 4.98 Å². The number of Topliss-reactive ketones (excluding diaryl/α,β-unsaturated/α-hetero) is 1. The molecule has 0 spiro atoms. The highest BCUT2D eigenvalue weighted by Crippen LogP contribution is 2.41. The van der Waals surface area contributed by atoms with E-state index in [9.17, 15) is 13.6 Å². The normalized spacial score (nSPS) is 27.6. The van der Waals surface area contributed by atoms with Gasteiger partial charge in [-0.1, -0.05) is 0 Å². The molecule has 120 valence electrons.